The number of urea groups is 1. The van der Waals surface area contributed by atoms with E-state index in [1.54, 1.807) is 18.1 Å². The van der Waals surface area contributed by atoms with E-state index in [2.05, 4.69) is 27.5 Å². The average molecular weight is 271 g/mol. The maximum atomic E-state index is 12.3. The van der Waals surface area contributed by atoms with Gasteiger partial charge in [-0.25, -0.2) is 9.78 Å². The van der Waals surface area contributed by atoms with Crippen molar-refractivity contribution in [3.8, 4) is 0 Å². The third kappa shape index (κ3) is 2.24. The predicted molar refractivity (Wildman–Crippen MR) is 73.6 cm³/mol. The molecule has 3 rings (SSSR count). The molecule has 1 N–H and O–H groups in total. The molecule has 1 atom stereocenters. The molecule has 0 aliphatic carbocycles. The van der Waals surface area contributed by atoms with E-state index in [1.807, 2.05) is 24.0 Å². The summed E-state index contributed by atoms with van der Waals surface area (Å²) in [6.07, 6.45) is 1.62. The van der Waals surface area contributed by atoms with Crippen molar-refractivity contribution in [2.45, 2.75) is 26.1 Å². The molecule has 20 heavy (non-hydrogen) atoms. The normalized spacial score (nSPS) is 17.1. The molecule has 2 heterocycles. The van der Waals surface area contributed by atoms with Crippen molar-refractivity contribution in [3.05, 3.63) is 47.5 Å². The Labute approximate surface area is 117 Å². The van der Waals surface area contributed by atoms with Gasteiger partial charge in [-0.1, -0.05) is 24.3 Å². The van der Waals surface area contributed by atoms with E-state index in [0.717, 1.165) is 0 Å². The molecule has 104 valence electrons. The highest BCUT2D eigenvalue weighted by Crippen LogP contribution is 2.32. The van der Waals surface area contributed by atoms with Gasteiger partial charge in [0, 0.05) is 13.6 Å². The Kier molecular flexibility index (Phi) is 3.14. The molecule has 0 saturated heterocycles. The number of hydrogen-bond acceptors (Lipinski definition) is 3. The summed E-state index contributed by atoms with van der Waals surface area (Å²) in [6.45, 7) is 3.04. The highest BCUT2D eigenvalue weighted by molar-refractivity contribution is 5.75. The number of carbonyl (C=O) groups is 1. The molecule has 0 bridgehead atoms. The second-order valence-electron chi connectivity index (χ2n) is 5.00. The van der Waals surface area contributed by atoms with E-state index >= 15 is 0 Å². The predicted octanol–water partition coefficient (Wildman–Crippen LogP) is 1.60. The van der Waals surface area contributed by atoms with Crippen LogP contribution in [-0.4, -0.2) is 25.7 Å². The second-order valence-corrected chi connectivity index (χ2v) is 5.00. The molecule has 1 aromatic carbocycles. The third-order valence-corrected chi connectivity index (χ3v) is 3.62. The third-order valence-electron chi connectivity index (χ3n) is 3.62. The molecule has 0 spiro atoms. The maximum Gasteiger partial charge on any atom is 0.318 e. The summed E-state index contributed by atoms with van der Waals surface area (Å²) in [6, 6.07) is 8.18. The summed E-state index contributed by atoms with van der Waals surface area (Å²) in [7, 11) is 1.80. The minimum Gasteiger partial charge on any atom is -0.331 e. The van der Waals surface area contributed by atoms with Crippen LogP contribution in [0.4, 0.5) is 4.79 Å². The number of aryl methyl sites for hydroxylation is 1. The smallest absolute Gasteiger partial charge is 0.318 e. The van der Waals surface area contributed by atoms with Gasteiger partial charge >= 0.3 is 6.03 Å². The van der Waals surface area contributed by atoms with Crippen LogP contribution < -0.4 is 5.32 Å². The quantitative estimate of drug-likeness (QED) is 0.902. The SMILES string of the molecule is C[C@H]1c2ccccc2CN1C(=O)NCc1ncn(C)n1. The Bertz CT molecular complexity index is 636. The Morgan fingerprint density at radius 1 is 1.45 bits per heavy atom. The van der Waals surface area contributed by atoms with Gasteiger partial charge in [-0.3, -0.25) is 4.68 Å². The number of amides is 2. The molecule has 0 unspecified atom stereocenters. The van der Waals surface area contributed by atoms with E-state index in [0.29, 0.717) is 18.9 Å². The van der Waals surface area contributed by atoms with Crippen LogP contribution in [0.15, 0.2) is 30.6 Å². The Morgan fingerprint density at radius 3 is 2.95 bits per heavy atom. The van der Waals surface area contributed by atoms with Crippen LogP contribution in [-0.2, 0) is 20.1 Å². The first-order valence-corrected chi connectivity index (χ1v) is 6.62. The van der Waals surface area contributed by atoms with Gasteiger partial charge in [0.15, 0.2) is 5.82 Å². The molecule has 0 radical (unpaired) electrons. The zero-order chi connectivity index (χ0) is 14.1. The van der Waals surface area contributed by atoms with Gasteiger partial charge in [0.25, 0.3) is 0 Å². The van der Waals surface area contributed by atoms with Crippen molar-refractivity contribution in [2.24, 2.45) is 7.05 Å². The minimum atomic E-state index is -0.0823. The number of hydrogen-bond donors (Lipinski definition) is 1. The van der Waals surface area contributed by atoms with Crippen LogP contribution in [0.5, 0.6) is 0 Å². The van der Waals surface area contributed by atoms with Crippen LogP contribution in [0.2, 0.25) is 0 Å². The van der Waals surface area contributed by atoms with Crippen molar-refractivity contribution in [3.63, 3.8) is 0 Å². The second kappa shape index (κ2) is 4.96. The van der Waals surface area contributed by atoms with Crippen LogP contribution >= 0.6 is 0 Å². The lowest BCUT2D eigenvalue weighted by Crippen LogP contribution is -2.37. The van der Waals surface area contributed by atoms with Crippen LogP contribution in [0.3, 0.4) is 0 Å². The summed E-state index contributed by atoms with van der Waals surface area (Å²) in [4.78, 5) is 18.2. The van der Waals surface area contributed by atoms with Crippen LogP contribution in [0.1, 0.15) is 29.9 Å². The molecule has 0 fully saturated rings. The van der Waals surface area contributed by atoms with Crippen molar-refractivity contribution < 1.29 is 4.79 Å². The van der Waals surface area contributed by atoms with Crippen molar-refractivity contribution in [1.29, 1.82) is 0 Å². The number of nitrogens with zero attached hydrogens (tertiary/aromatic N) is 4. The van der Waals surface area contributed by atoms with E-state index in [4.69, 9.17) is 0 Å². The van der Waals surface area contributed by atoms with E-state index in [1.165, 1.54) is 11.1 Å². The van der Waals surface area contributed by atoms with Crippen molar-refractivity contribution in [1.82, 2.24) is 25.0 Å². The molecule has 2 aromatic rings. The van der Waals surface area contributed by atoms with E-state index in [9.17, 15) is 4.79 Å². The van der Waals surface area contributed by atoms with Gasteiger partial charge in [-0.2, -0.15) is 5.10 Å². The Morgan fingerprint density at radius 2 is 2.25 bits per heavy atom. The Hall–Kier alpha value is -2.37. The lowest BCUT2D eigenvalue weighted by atomic mass is 10.1. The number of aromatic nitrogens is 3. The number of benzene rings is 1. The minimum absolute atomic E-state index is 0.0823. The fourth-order valence-electron chi connectivity index (χ4n) is 2.54. The van der Waals surface area contributed by atoms with Gasteiger partial charge < -0.3 is 10.2 Å². The van der Waals surface area contributed by atoms with Gasteiger partial charge in [0.1, 0.15) is 6.33 Å². The van der Waals surface area contributed by atoms with Crippen molar-refractivity contribution in [2.75, 3.05) is 0 Å². The summed E-state index contributed by atoms with van der Waals surface area (Å²) >= 11 is 0. The number of nitrogens with one attached hydrogen (secondary N) is 1. The lowest BCUT2D eigenvalue weighted by molar-refractivity contribution is 0.184. The summed E-state index contributed by atoms with van der Waals surface area (Å²) in [5.41, 5.74) is 2.43. The first-order chi connectivity index (χ1) is 9.65. The average Bonchev–Trinajstić information content (AvgIpc) is 3.01. The molecule has 6 nitrogen and oxygen atoms in total. The summed E-state index contributed by atoms with van der Waals surface area (Å²) in [5, 5.41) is 7.01. The van der Waals surface area contributed by atoms with E-state index in [-0.39, 0.29) is 12.1 Å². The van der Waals surface area contributed by atoms with Crippen LogP contribution in [0.25, 0.3) is 0 Å². The highest BCUT2D eigenvalue weighted by Gasteiger charge is 2.29. The fraction of sp³-hybridized carbons (Fsp3) is 0.357. The summed E-state index contributed by atoms with van der Waals surface area (Å²) < 4.78 is 1.62. The Balaban J connectivity index is 1.64. The van der Waals surface area contributed by atoms with Gasteiger partial charge in [-0.15, -0.1) is 0 Å². The molecular weight excluding hydrogens is 254 g/mol. The highest BCUT2D eigenvalue weighted by atomic mass is 16.2. The molecule has 1 aromatic heterocycles. The molecule has 1 aliphatic heterocycles. The first kappa shape index (κ1) is 12.7. The summed E-state index contributed by atoms with van der Waals surface area (Å²) in [5.74, 6) is 0.616. The maximum absolute atomic E-state index is 12.3. The molecule has 1 aliphatic rings. The standard InChI is InChI=1S/C14H17N5O/c1-10-12-6-4-3-5-11(12)8-19(10)14(20)15-7-13-16-9-18(2)17-13/h3-6,9-10H,7-8H2,1-2H3,(H,15,20)/t10-/m0/s1. The molecular formula is C14H17N5O. The van der Waals surface area contributed by atoms with E-state index < -0.39 is 0 Å². The largest absolute Gasteiger partial charge is 0.331 e. The number of fused-ring (bicyclic) bond motifs is 1. The van der Waals surface area contributed by atoms with Crippen molar-refractivity contribution >= 4 is 6.03 Å². The molecule has 2 amide bonds. The molecule has 6 heteroatoms. The first-order valence-electron chi connectivity index (χ1n) is 6.62. The number of carbonyl (C=O) groups excluding carboxylic acids is 1. The topological polar surface area (TPSA) is 63.1 Å². The van der Waals surface area contributed by atoms with Gasteiger partial charge in [-0.05, 0) is 18.1 Å². The van der Waals surface area contributed by atoms with Gasteiger partial charge in [0.2, 0.25) is 0 Å². The lowest BCUT2D eigenvalue weighted by Gasteiger charge is -2.22. The monoisotopic (exact) mass is 271 g/mol. The molecule has 0 saturated carbocycles. The zero-order valence-corrected chi connectivity index (χ0v) is 11.6. The van der Waals surface area contributed by atoms with Gasteiger partial charge in [0.05, 0.1) is 12.6 Å². The fourth-order valence-corrected chi connectivity index (χ4v) is 2.54. The van der Waals surface area contributed by atoms with Crippen LogP contribution in [0, 0.1) is 0 Å². The number of rotatable bonds is 2. The zero-order valence-electron chi connectivity index (χ0n) is 11.6.